The molecule has 0 radical (unpaired) electrons. The van der Waals surface area contributed by atoms with E-state index in [4.69, 9.17) is 9.47 Å². The highest BCUT2D eigenvalue weighted by Crippen LogP contribution is 2.39. The largest absolute Gasteiger partial charge is 0.501 e. The van der Waals surface area contributed by atoms with E-state index in [-0.39, 0.29) is 16.9 Å². The van der Waals surface area contributed by atoms with Crippen LogP contribution < -0.4 is 15.0 Å². The Hall–Kier alpha value is -4.14. The van der Waals surface area contributed by atoms with Gasteiger partial charge in [-0.2, -0.15) is 0 Å². The van der Waals surface area contributed by atoms with E-state index in [1.165, 1.54) is 49.2 Å². The molecule has 9 heteroatoms. The minimum atomic E-state index is -0.833. The van der Waals surface area contributed by atoms with Crippen molar-refractivity contribution in [2.24, 2.45) is 0 Å². The van der Waals surface area contributed by atoms with E-state index in [1.54, 1.807) is 24.3 Å². The summed E-state index contributed by atoms with van der Waals surface area (Å²) in [5.41, 5.74) is -0.944. The fourth-order valence-corrected chi connectivity index (χ4v) is 2.88. The summed E-state index contributed by atoms with van der Waals surface area (Å²) in [6.45, 7) is 0. The van der Waals surface area contributed by atoms with E-state index < -0.39 is 27.7 Å². The molecule has 1 aromatic heterocycles. The highest BCUT2D eigenvalue weighted by atomic mass is 16.6. The van der Waals surface area contributed by atoms with E-state index in [0.717, 1.165) is 0 Å². The number of phenols is 1. The second kappa shape index (κ2) is 7.85. The molecule has 148 valence electrons. The van der Waals surface area contributed by atoms with Gasteiger partial charge in [-0.05, 0) is 30.3 Å². The van der Waals surface area contributed by atoms with Crippen LogP contribution in [0.15, 0.2) is 59.5 Å². The van der Waals surface area contributed by atoms with Gasteiger partial charge in [0.15, 0.2) is 5.78 Å². The molecular weight excluding hydrogens is 380 g/mol. The summed E-state index contributed by atoms with van der Waals surface area (Å²) in [7, 11) is 2.67. The molecule has 0 spiro atoms. The van der Waals surface area contributed by atoms with Crippen molar-refractivity contribution in [1.82, 2.24) is 4.57 Å². The van der Waals surface area contributed by atoms with Crippen LogP contribution >= 0.6 is 0 Å². The number of hydrogen-bond donors (Lipinski definition) is 1. The first kappa shape index (κ1) is 19.6. The number of nitro groups is 1. The standard InChI is InChI=1S/C20H16N2O7/c1-28-15-6-4-3-5-14(15)21-11-12(7-10-17(21)23)19(24)13-8-9-16(29-2)18(20(13)25)22(26)27/h3-11,25H,1-2H3. The number of benzene rings is 2. The van der Waals surface area contributed by atoms with Crippen molar-refractivity contribution < 1.29 is 24.3 Å². The van der Waals surface area contributed by atoms with Crippen molar-refractivity contribution in [3.8, 4) is 22.9 Å². The molecule has 3 rings (SSSR count). The second-order valence-electron chi connectivity index (χ2n) is 5.90. The number of ether oxygens (including phenoxy) is 2. The van der Waals surface area contributed by atoms with Crippen LogP contribution in [0.2, 0.25) is 0 Å². The fraction of sp³-hybridized carbons (Fsp3) is 0.100. The number of para-hydroxylation sites is 2. The number of hydrogen-bond acceptors (Lipinski definition) is 7. The van der Waals surface area contributed by atoms with Crippen molar-refractivity contribution in [2.45, 2.75) is 0 Å². The Balaban J connectivity index is 2.14. The zero-order chi connectivity index (χ0) is 21.1. The number of rotatable bonds is 6. The summed E-state index contributed by atoms with van der Waals surface area (Å²) >= 11 is 0. The minimum absolute atomic E-state index is 0.0465. The number of nitro benzene ring substituents is 1. The maximum atomic E-state index is 12.9. The lowest BCUT2D eigenvalue weighted by atomic mass is 10.0. The van der Waals surface area contributed by atoms with Crippen LogP contribution in [0.5, 0.6) is 17.2 Å². The Bertz CT molecular complexity index is 1170. The second-order valence-corrected chi connectivity index (χ2v) is 5.90. The zero-order valence-electron chi connectivity index (χ0n) is 15.5. The average molecular weight is 396 g/mol. The molecule has 0 saturated heterocycles. The lowest BCUT2D eigenvalue weighted by Gasteiger charge is -2.12. The molecule has 3 aromatic rings. The molecule has 1 heterocycles. The molecular formula is C20H16N2O7. The van der Waals surface area contributed by atoms with Gasteiger partial charge >= 0.3 is 5.69 Å². The maximum absolute atomic E-state index is 12.9. The van der Waals surface area contributed by atoms with Gasteiger partial charge in [0.25, 0.3) is 5.56 Å². The van der Waals surface area contributed by atoms with E-state index in [1.807, 2.05) is 0 Å². The third kappa shape index (κ3) is 3.53. The number of aromatic nitrogens is 1. The predicted octanol–water partition coefficient (Wildman–Crippen LogP) is 2.70. The van der Waals surface area contributed by atoms with Crippen LogP contribution in [-0.4, -0.2) is 34.6 Å². The Kier molecular flexibility index (Phi) is 5.31. The van der Waals surface area contributed by atoms with E-state index in [0.29, 0.717) is 11.4 Å². The first-order chi connectivity index (χ1) is 13.9. The summed E-state index contributed by atoms with van der Waals surface area (Å²) < 4.78 is 11.4. The van der Waals surface area contributed by atoms with Crippen molar-refractivity contribution in [2.75, 3.05) is 14.2 Å². The van der Waals surface area contributed by atoms with E-state index in [2.05, 4.69) is 0 Å². The highest BCUT2D eigenvalue weighted by molar-refractivity contribution is 6.11. The van der Waals surface area contributed by atoms with Crippen molar-refractivity contribution >= 4 is 11.5 Å². The molecule has 1 N–H and O–H groups in total. The molecule has 0 aliphatic carbocycles. The van der Waals surface area contributed by atoms with Crippen molar-refractivity contribution in [3.05, 3.63) is 86.3 Å². The zero-order valence-corrected chi connectivity index (χ0v) is 15.5. The Morgan fingerprint density at radius 3 is 2.38 bits per heavy atom. The molecule has 0 bridgehead atoms. The minimum Gasteiger partial charge on any atom is -0.501 e. The normalized spacial score (nSPS) is 10.4. The third-order valence-electron chi connectivity index (χ3n) is 4.28. The van der Waals surface area contributed by atoms with E-state index in [9.17, 15) is 24.8 Å². The summed E-state index contributed by atoms with van der Waals surface area (Å²) in [4.78, 5) is 35.7. The first-order valence-corrected chi connectivity index (χ1v) is 8.34. The molecule has 0 aliphatic rings. The van der Waals surface area contributed by atoms with Gasteiger partial charge in [-0.1, -0.05) is 12.1 Å². The molecule has 0 unspecified atom stereocenters. The Morgan fingerprint density at radius 1 is 1.03 bits per heavy atom. The van der Waals surface area contributed by atoms with E-state index >= 15 is 0 Å². The van der Waals surface area contributed by atoms with Crippen molar-refractivity contribution in [1.29, 1.82) is 0 Å². The van der Waals surface area contributed by atoms with Crippen LogP contribution in [-0.2, 0) is 0 Å². The number of methoxy groups -OCH3 is 2. The molecule has 0 amide bonds. The topological polar surface area (TPSA) is 121 Å². The number of pyridine rings is 1. The van der Waals surface area contributed by atoms with Gasteiger partial charge in [0.2, 0.25) is 11.5 Å². The average Bonchev–Trinajstić information content (AvgIpc) is 2.73. The summed E-state index contributed by atoms with van der Waals surface area (Å²) in [6.07, 6.45) is 1.29. The molecule has 29 heavy (non-hydrogen) atoms. The molecule has 2 aromatic carbocycles. The highest BCUT2D eigenvalue weighted by Gasteiger charge is 2.27. The summed E-state index contributed by atoms with van der Waals surface area (Å²) in [5.74, 6) is -1.27. The first-order valence-electron chi connectivity index (χ1n) is 8.34. The number of phenolic OH excluding ortho intramolecular Hbond substituents is 1. The van der Waals surface area contributed by atoms with Crippen molar-refractivity contribution in [3.63, 3.8) is 0 Å². The Morgan fingerprint density at radius 2 is 1.72 bits per heavy atom. The molecule has 9 nitrogen and oxygen atoms in total. The fourth-order valence-electron chi connectivity index (χ4n) is 2.88. The predicted molar refractivity (Wildman–Crippen MR) is 103 cm³/mol. The van der Waals surface area contributed by atoms with Crippen LogP contribution in [0.25, 0.3) is 5.69 Å². The molecule has 0 saturated carbocycles. The van der Waals surface area contributed by atoms with Gasteiger partial charge < -0.3 is 14.6 Å². The molecule has 0 fully saturated rings. The number of nitrogens with zero attached hydrogens (tertiary/aromatic N) is 2. The van der Waals surface area contributed by atoms with Crippen LogP contribution in [0.1, 0.15) is 15.9 Å². The van der Waals surface area contributed by atoms with Gasteiger partial charge in [-0.25, -0.2) is 0 Å². The van der Waals surface area contributed by atoms with Gasteiger partial charge in [0.1, 0.15) is 5.75 Å². The molecule has 0 aliphatic heterocycles. The smallest absolute Gasteiger partial charge is 0.352 e. The Labute approximate surface area is 164 Å². The van der Waals surface area contributed by atoms with Crippen LogP contribution in [0.4, 0.5) is 5.69 Å². The third-order valence-corrected chi connectivity index (χ3v) is 4.28. The summed E-state index contributed by atoms with van der Waals surface area (Å²) in [5, 5.41) is 21.6. The molecule has 0 atom stereocenters. The lowest BCUT2D eigenvalue weighted by molar-refractivity contribution is -0.386. The quantitative estimate of drug-likeness (QED) is 0.386. The number of carbonyl (C=O) groups excluding carboxylic acids is 1. The summed E-state index contributed by atoms with van der Waals surface area (Å²) in [6, 6.07) is 11.7. The monoisotopic (exact) mass is 396 g/mol. The van der Waals surface area contributed by atoms with Gasteiger partial charge in [-0.15, -0.1) is 0 Å². The SMILES string of the molecule is COc1ccccc1-n1cc(C(=O)c2ccc(OC)c([N+](=O)[O-])c2O)ccc1=O. The number of carbonyl (C=O) groups is 1. The van der Waals surface area contributed by atoms with Gasteiger partial charge in [0.05, 0.1) is 30.4 Å². The van der Waals surface area contributed by atoms with Gasteiger partial charge in [0, 0.05) is 17.8 Å². The number of ketones is 1. The number of aromatic hydroxyl groups is 1. The maximum Gasteiger partial charge on any atom is 0.352 e. The van der Waals surface area contributed by atoms with Crippen LogP contribution in [0, 0.1) is 10.1 Å². The van der Waals surface area contributed by atoms with Gasteiger partial charge in [-0.3, -0.25) is 24.3 Å². The lowest BCUT2D eigenvalue weighted by Crippen LogP contribution is -2.19. The van der Waals surface area contributed by atoms with Crippen LogP contribution in [0.3, 0.4) is 0 Å².